The zero-order valence-electron chi connectivity index (χ0n) is 6.61. The molecule has 1 aromatic rings. The van der Waals surface area contributed by atoms with E-state index in [9.17, 15) is 18.0 Å². The number of alkyl halides is 3. The molecule has 1 aromatic heterocycles. The van der Waals surface area contributed by atoms with Gasteiger partial charge in [0.25, 0.3) is 0 Å². The number of anilines is 1. The molecule has 0 spiro atoms. The molecule has 1 rings (SSSR count). The van der Waals surface area contributed by atoms with Crippen LogP contribution >= 0.6 is 11.3 Å². The second-order valence-electron chi connectivity index (χ2n) is 2.44. The van der Waals surface area contributed by atoms with Crippen molar-refractivity contribution in [2.75, 3.05) is 5.73 Å². The van der Waals surface area contributed by atoms with Gasteiger partial charge in [-0.2, -0.15) is 13.2 Å². The summed E-state index contributed by atoms with van der Waals surface area (Å²) in [6.45, 7) is 1.06. The normalized spacial score (nSPS) is 11.7. The second kappa shape index (κ2) is 3.02. The van der Waals surface area contributed by atoms with Gasteiger partial charge in [0.15, 0.2) is 5.78 Å². The summed E-state index contributed by atoms with van der Waals surface area (Å²) in [5.74, 6) is -0.661. The van der Waals surface area contributed by atoms with Crippen LogP contribution in [0.15, 0.2) is 5.38 Å². The Morgan fingerprint density at radius 1 is 1.54 bits per heavy atom. The van der Waals surface area contributed by atoms with E-state index in [4.69, 9.17) is 5.73 Å². The molecule has 2 nitrogen and oxygen atoms in total. The first-order valence-electron chi connectivity index (χ1n) is 3.29. The number of carbonyl (C=O) groups excluding carboxylic acids is 1. The Bertz CT molecular complexity index is 342. The van der Waals surface area contributed by atoms with Crippen LogP contribution in [-0.2, 0) is 6.18 Å². The summed E-state index contributed by atoms with van der Waals surface area (Å²) in [6.07, 6.45) is -4.50. The lowest BCUT2D eigenvalue weighted by atomic mass is 10.1. The molecular formula is C7H6F3NOS. The highest BCUT2D eigenvalue weighted by Crippen LogP contribution is 2.38. The molecule has 0 aliphatic carbocycles. The van der Waals surface area contributed by atoms with Crippen LogP contribution in [0.25, 0.3) is 0 Å². The maximum Gasteiger partial charge on any atom is 0.417 e. The maximum absolute atomic E-state index is 12.2. The fraction of sp³-hybridized carbons (Fsp3) is 0.286. The first-order chi connectivity index (χ1) is 5.84. The van der Waals surface area contributed by atoms with E-state index in [0.717, 1.165) is 23.6 Å². The molecule has 0 aromatic carbocycles. The summed E-state index contributed by atoms with van der Waals surface area (Å²) in [5.41, 5.74) is 3.88. The minimum absolute atomic E-state index is 0.0835. The van der Waals surface area contributed by atoms with E-state index >= 15 is 0 Å². The SMILES string of the molecule is CC(=O)c1c(C(F)(F)F)csc1N. The summed E-state index contributed by atoms with van der Waals surface area (Å²) in [7, 11) is 0. The van der Waals surface area contributed by atoms with Crippen molar-refractivity contribution in [1.82, 2.24) is 0 Å². The molecule has 72 valence electrons. The number of nitrogens with two attached hydrogens (primary N) is 1. The average molecular weight is 209 g/mol. The first-order valence-corrected chi connectivity index (χ1v) is 4.17. The van der Waals surface area contributed by atoms with Gasteiger partial charge in [0, 0.05) is 5.38 Å². The van der Waals surface area contributed by atoms with Crippen molar-refractivity contribution >= 4 is 22.1 Å². The zero-order valence-corrected chi connectivity index (χ0v) is 7.42. The van der Waals surface area contributed by atoms with Gasteiger partial charge in [-0.15, -0.1) is 11.3 Å². The van der Waals surface area contributed by atoms with Crippen molar-refractivity contribution in [3.05, 3.63) is 16.5 Å². The molecule has 1 heterocycles. The van der Waals surface area contributed by atoms with Crippen LogP contribution in [0.1, 0.15) is 22.8 Å². The van der Waals surface area contributed by atoms with Crippen LogP contribution in [0, 0.1) is 0 Å². The number of thiophene rings is 1. The molecular weight excluding hydrogens is 203 g/mol. The standard InChI is InChI=1S/C7H6F3NOS/c1-3(12)5-4(7(8,9)10)2-13-6(5)11/h2H,11H2,1H3. The van der Waals surface area contributed by atoms with Crippen molar-refractivity contribution in [2.45, 2.75) is 13.1 Å². The van der Waals surface area contributed by atoms with Crippen LogP contribution in [0.2, 0.25) is 0 Å². The number of rotatable bonds is 1. The van der Waals surface area contributed by atoms with Gasteiger partial charge in [0.1, 0.15) is 0 Å². The van der Waals surface area contributed by atoms with E-state index in [1.807, 2.05) is 0 Å². The van der Waals surface area contributed by atoms with E-state index in [-0.39, 0.29) is 5.00 Å². The lowest BCUT2D eigenvalue weighted by Gasteiger charge is -2.05. The van der Waals surface area contributed by atoms with Crippen LogP contribution < -0.4 is 5.73 Å². The first kappa shape index (κ1) is 10.0. The molecule has 2 N–H and O–H groups in total. The van der Waals surface area contributed by atoms with Gasteiger partial charge in [0.2, 0.25) is 0 Å². The van der Waals surface area contributed by atoms with E-state index in [0.29, 0.717) is 0 Å². The minimum atomic E-state index is -4.50. The molecule has 0 radical (unpaired) electrons. The summed E-state index contributed by atoms with van der Waals surface area (Å²) in [5, 5.41) is 0.770. The highest BCUT2D eigenvalue weighted by atomic mass is 32.1. The molecule has 0 aliphatic heterocycles. The van der Waals surface area contributed by atoms with Gasteiger partial charge in [0.05, 0.1) is 16.1 Å². The molecule has 0 aliphatic rings. The number of halogens is 3. The quantitative estimate of drug-likeness (QED) is 0.722. The topological polar surface area (TPSA) is 43.1 Å². The van der Waals surface area contributed by atoms with Gasteiger partial charge >= 0.3 is 6.18 Å². The summed E-state index contributed by atoms with van der Waals surface area (Å²) < 4.78 is 36.7. The van der Waals surface area contributed by atoms with Gasteiger partial charge in [-0.05, 0) is 6.92 Å². The molecule has 0 fully saturated rings. The predicted octanol–water partition coefficient (Wildman–Crippen LogP) is 2.55. The third-order valence-electron chi connectivity index (χ3n) is 1.48. The zero-order chi connectivity index (χ0) is 10.2. The Morgan fingerprint density at radius 3 is 2.38 bits per heavy atom. The molecule has 0 unspecified atom stereocenters. The average Bonchev–Trinajstić information content (AvgIpc) is 2.28. The number of Topliss-reactive ketones (excluding diaryl/α,β-unsaturated/α-hetero) is 1. The van der Waals surface area contributed by atoms with Gasteiger partial charge in [-0.25, -0.2) is 0 Å². The van der Waals surface area contributed by atoms with E-state index in [1.54, 1.807) is 0 Å². The van der Waals surface area contributed by atoms with Gasteiger partial charge in [-0.3, -0.25) is 4.79 Å². The smallest absolute Gasteiger partial charge is 0.390 e. The maximum atomic E-state index is 12.2. The summed E-state index contributed by atoms with van der Waals surface area (Å²) >= 11 is 0.723. The third-order valence-corrected chi connectivity index (χ3v) is 2.29. The molecule has 0 saturated carbocycles. The number of hydrogen-bond acceptors (Lipinski definition) is 3. The van der Waals surface area contributed by atoms with Crippen molar-refractivity contribution in [1.29, 1.82) is 0 Å². The Balaban J connectivity index is 3.31. The summed E-state index contributed by atoms with van der Waals surface area (Å²) in [4.78, 5) is 10.8. The number of ketones is 1. The Morgan fingerprint density at radius 2 is 2.08 bits per heavy atom. The van der Waals surface area contributed by atoms with Crippen LogP contribution in [0.3, 0.4) is 0 Å². The highest BCUT2D eigenvalue weighted by molar-refractivity contribution is 7.14. The number of carbonyl (C=O) groups is 1. The van der Waals surface area contributed by atoms with E-state index in [2.05, 4.69) is 0 Å². The minimum Gasteiger partial charge on any atom is -0.390 e. The number of nitrogen functional groups attached to an aromatic ring is 1. The molecule has 0 amide bonds. The van der Waals surface area contributed by atoms with Gasteiger partial charge in [-0.1, -0.05) is 0 Å². The van der Waals surface area contributed by atoms with Crippen molar-refractivity contribution < 1.29 is 18.0 Å². The Hall–Kier alpha value is -1.04. The number of hydrogen-bond donors (Lipinski definition) is 1. The Kier molecular flexibility index (Phi) is 2.34. The fourth-order valence-electron chi connectivity index (χ4n) is 0.945. The largest absolute Gasteiger partial charge is 0.417 e. The molecule has 0 bridgehead atoms. The Labute approximate surface area is 76.2 Å². The van der Waals surface area contributed by atoms with Crippen molar-refractivity contribution in [3.8, 4) is 0 Å². The highest BCUT2D eigenvalue weighted by Gasteiger charge is 2.36. The van der Waals surface area contributed by atoms with Gasteiger partial charge < -0.3 is 5.73 Å². The van der Waals surface area contributed by atoms with Crippen LogP contribution in [0.5, 0.6) is 0 Å². The fourth-order valence-corrected chi connectivity index (χ4v) is 1.81. The van der Waals surface area contributed by atoms with E-state index < -0.39 is 23.1 Å². The monoisotopic (exact) mass is 209 g/mol. The van der Waals surface area contributed by atoms with E-state index in [1.165, 1.54) is 0 Å². The third kappa shape index (κ3) is 1.82. The second-order valence-corrected chi connectivity index (χ2v) is 3.35. The van der Waals surface area contributed by atoms with Crippen LogP contribution in [0.4, 0.5) is 18.2 Å². The predicted molar refractivity (Wildman–Crippen MR) is 43.7 cm³/mol. The lowest BCUT2D eigenvalue weighted by molar-refractivity contribution is -0.137. The van der Waals surface area contributed by atoms with Crippen LogP contribution in [-0.4, -0.2) is 5.78 Å². The molecule has 13 heavy (non-hydrogen) atoms. The van der Waals surface area contributed by atoms with Crippen molar-refractivity contribution in [2.24, 2.45) is 0 Å². The molecule has 6 heteroatoms. The molecule has 0 saturated heterocycles. The summed E-state index contributed by atoms with van der Waals surface area (Å²) in [6, 6.07) is 0. The van der Waals surface area contributed by atoms with Crippen molar-refractivity contribution in [3.63, 3.8) is 0 Å². The molecule has 0 atom stereocenters. The lowest BCUT2D eigenvalue weighted by Crippen LogP contribution is -2.10.